The maximum Gasteiger partial charge on any atom is 0.225 e. The first-order valence-electron chi connectivity index (χ1n) is 10.5. The number of sulfone groups is 1. The molecule has 5 rings (SSSR count). The molecule has 0 radical (unpaired) electrons. The van der Waals surface area contributed by atoms with Crippen LogP contribution in [0, 0.1) is 0 Å². The molecule has 160 valence electrons. The first-order valence-corrected chi connectivity index (χ1v) is 12.9. The number of rotatable bonds is 5. The van der Waals surface area contributed by atoms with Crippen LogP contribution in [-0.2, 0) is 14.6 Å². The maximum absolute atomic E-state index is 13.2. The number of nitrogens with one attached hydrogen (secondary N) is 1. The van der Waals surface area contributed by atoms with Gasteiger partial charge in [0.1, 0.15) is 10.6 Å². The van der Waals surface area contributed by atoms with Gasteiger partial charge in [0.15, 0.2) is 0 Å². The third-order valence-corrected chi connectivity index (χ3v) is 9.03. The molecule has 0 bridgehead atoms. The van der Waals surface area contributed by atoms with Gasteiger partial charge in [0.25, 0.3) is 0 Å². The molecule has 31 heavy (non-hydrogen) atoms. The lowest BCUT2D eigenvalue weighted by molar-refractivity contribution is -0.116. The number of fused-ring (bicyclic) bond motifs is 1. The lowest BCUT2D eigenvalue weighted by atomic mass is 9.90. The molecule has 1 aliphatic carbocycles. The van der Waals surface area contributed by atoms with Crippen molar-refractivity contribution in [2.24, 2.45) is 0 Å². The zero-order chi connectivity index (χ0) is 21.4. The summed E-state index contributed by atoms with van der Waals surface area (Å²) >= 11 is 1.38. The van der Waals surface area contributed by atoms with E-state index >= 15 is 0 Å². The van der Waals surface area contributed by atoms with Crippen LogP contribution in [-0.4, -0.2) is 20.4 Å². The Labute approximate surface area is 186 Å². The van der Waals surface area contributed by atoms with Crippen LogP contribution in [0.2, 0.25) is 0 Å². The second kappa shape index (κ2) is 8.13. The van der Waals surface area contributed by atoms with Gasteiger partial charge in [-0.15, -0.1) is 11.3 Å². The number of thiophene rings is 1. The average molecular weight is 454 g/mol. The summed E-state index contributed by atoms with van der Waals surface area (Å²) in [7, 11) is -3.73. The zero-order valence-corrected chi connectivity index (χ0v) is 18.5. The van der Waals surface area contributed by atoms with Gasteiger partial charge in [-0.05, 0) is 43.9 Å². The van der Waals surface area contributed by atoms with E-state index in [2.05, 4.69) is 5.32 Å². The first kappa shape index (κ1) is 20.3. The molecule has 3 aromatic rings. The van der Waals surface area contributed by atoms with Gasteiger partial charge >= 0.3 is 0 Å². The van der Waals surface area contributed by atoms with Crippen molar-refractivity contribution in [3.63, 3.8) is 0 Å². The smallest absolute Gasteiger partial charge is 0.225 e. The fourth-order valence-corrected chi connectivity index (χ4v) is 7.36. The summed E-state index contributed by atoms with van der Waals surface area (Å²) in [4.78, 5) is 13.9. The number of para-hydroxylation sites is 1. The van der Waals surface area contributed by atoms with Gasteiger partial charge in [-0.2, -0.15) is 0 Å². The molecule has 1 fully saturated rings. The van der Waals surface area contributed by atoms with Crippen molar-refractivity contribution in [1.29, 1.82) is 0 Å². The van der Waals surface area contributed by atoms with Crippen LogP contribution in [0.4, 0.5) is 5.69 Å². The van der Waals surface area contributed by atoms with Gasteiger partial charge in [0, 0.05) is 28.2 Å². The van der Waals surface area contributed by atoms with Crippen LogP contribution >= 0.6 is 11.3 Å². The summed E-state index contributed by atoms with van der Waals surface area (Å²) in [5.74, 6) is 0.378. The van der Waals surface area contributed by atoms with Gasteiger partial charge in [-0.1, -0.05) is 36.4 Å². The van der Waals surface area contributed by atoms with Crippen molar-refractivity contribution < 1.29 is 17.9 Å². The molecule has 1 atom stereocenters. The van der Waals surface area contributed by atoms with E-state index in [4.69, 9.17) is 4.74 Å². The number of hydrogen-bond acceptors (Lipinski definition) is 5. The highest BCUT2D eigenvalue weighted by molar-refractivity contribution is 7.91. The number of anilines is 1. The predicted molar refractivity (Wildman–Crippen MR) is 121 cm³/mol. The summed E-state index contributed by atoms with van der Waals surface area (Å²) in [6.45, 7) is 0. The van der Waals surface area contributed by atoms with Crippen molar-refractivity contribution in [3.05, 3.63) is 70.4 Å². The third-order valence-electron chi connectivity index (χ3n) is 5.99. The fourth-order valence-electron chi connectivity index (χ4n) is 4.44. The van der Waals surface area contributed by atoms with Crippen molar-refractivity contribution >= 4 is 32.8 Å². The Morgan fingerprint density at radius 2 is 1.68 bits per heavy atom. The Morgan fingerprint density at radius 1 is 0.968 bits per heavy atom. The van der Waals surface area contributed by atoms with Gasteiger partial charge in [-0.25, -0.2) is 8.42 Å². The Bertz CT molecular complexity index is 1210. The second-order valence-electron chi connectivity index (χ2n) is 8.02. The Kier molecular flexibility index (Phi) is 5.32. The maximum atomic E-state index is 13.2. The lowest BCUT2D eigenvalue weighted by Crippen LogP contribution is -2.24. The zero-order valence-electron chi connectivity index (χ0n) is 16.9. The number of hydrogen-bond donors (Lipinski definition) is 1. The molecule has 1 amide bonds. The van der Waals surface area contributed by atoms with Gasteiger partial charge in [0.2, 0.25) is 15.7 Å². The van der Waals surface area contributed by atoms with Crippen LogP contribution in [0.1, 0.15) is 48.5 Å². The minimum absolute atomic E-state index is 0.158. The van der Waals surface area contributed by atoms with E-state index in [1.54, 1.807) is 35.7 Å². The molecule has 0 saturated heterocycles. The van der Waals surface area contributed by atoms with Crippen molar-refractivity contribution in [2.75, 3.05) is 5.32 Å². The molecule has 0 spiro atoms. The summed E-state index contributed by atoms with van der Waals surface area (Å²) in [5, 5.41) is 4.47. The highest BCUT2D eigenvalue weighted by atomic mass is 32.2. The van der Waals surface area contributed by atoms with E-state index in [1.807, 2.05) is 24.3 Å². The Balaban J connectivity index is 1.56. The molecule has 7 heteroatoms. The number of carbonyl (C=O) groups is 1. The van der Waals surface area contributed by atoms with Crippen LogP contribution in [0.15, 0.2) is 69.8 Å². The molecule has 2 aromatic carbocycles. The topological polar surface area (TPSA) is 72.5 Å². The molecule has 5 nitrogen and oxygen atoms in total. The fraction of sp³-hybridized carbons (Fsp3) is 0.292. The number of ether oxygens (including phenoxy) is 1. The van der Waals surface area contributed by atoms with Crippen LogP contribution in [0.25, 0.3) is 0 Å². The van der Waals surface area contributed by atoms with E-state index in [0.29, 0.717) is 5.69 Å². The summed E-state index contributed by atoms with van der Waals surface area (Å²) in [6.07, 6.45) is 4.91. The van der Waals surface area contributed by atoms with Crippen LogP contribution in [0.3, 0.4) is 0 Å². The van der Waals surface area contributed by atoms with Crippen LogP contribution in [0.5, 0.6) is 5.75 Å². The molecule has 1 N–H and O–H groups in total. The predicted octanol–water partition coefficient (Wildman–Crippen LogP) is 5.38. The molecular formula is C24H23NO4S2. The first-order chi connectivity index (χ1) is 15.0. The lowest BCUT2D eigenvalue weighted by Gasteiger charge is -2.26. The largest absolute Gasteiger partial charge is 0.490 e. The SMILES string of the molecule is O=C1C[C@@H](c2ccccc2OC2CCCC2)c2scc(S(=O)(=O)c3ccccc3)c2N1. The van der Waals surface area contributed by atoms with E-state index in [1.165, 1.54) is 24.2 Å². The third kappa shape index (κ3) is 3.77. The van der Waals surface area contributed by atoms with Gasteiger partial charge in [-0.3, -0.25) is 4.79 Å². The second-order valence-corrected chi connectivity index (χ2v) is 10.9. The number of benzene rings is 2. The number of amides is 1. The summed E-state index contributed by atoms with van der Waals surface area (Å²) < 4.78 is 32.8. The quantitative estimate of drug-likeness (QED) is 0.563. The molecule has 1 aromatic heterocycles. The molecule has 1 aliphatic heterocycles. The standard InChI is InChI=1S/C24H23NO4S2/c26-22-14-19(18-12-6-7-13-20(18)29-16-8-4-5-9-16)24-23(25-22)21(15-30-24)31(27,28)17-10-2-1-3-11-17/h1-3,6-7,10-13,15-16,19H,4-5,8-9,14H2,(H,25,26)/t19-/m0/s1. The monoisotopic (exact) mass is 453 g/mol. The highest BCUT2D eigenvalue weighted by Crippen LogP contribution is 2.47. The van der Waals surface area contributed by atoms with Gasteiger partial charge in [0.05, 0.1) is 16.7 Å². The molecule has 2 aliphatic rings. The van der Waals surface area contributed by atoms with Crippen molar-refractivity contribution in [1.82, 2.24) is 0 Å². The molecule has 2 heterocycles. The normalized spacial score (nSPS) is 19.1. The van der Waals surface area contributed by atoms with E-state index < -0.39 is 9.84 Å². The van der Waals surface area contributed by atoms with Gasteiger partial charge < -0.3 is 10.1 Å². The highest BCUT2D eigenvalue weighted by Gasteiger charge is 2.35. The average Bonchev–Trinajstić information content (AvgIpc) is 3.44. The summed E-state index contributed by atoms with van der Waals surface area (Å²) in [6, 6.07) is 16.2. The van der Waals surface area contributed by atoms with Crippen molar-refractivity contribution in [2.45, 2.75) is 53.9 Å². The summed E-state index contributed by atoms with van der Waals surface area (Å²) in [5.41, 5.74) is 1.35. The minimum atomic E-state index is -3.73. The molecule has 1 saturated carbocycles. The molecular weight excluding hydrogens is 430 g/mol. The van der Waals surface area contributed by atoms with Crippen LogP contribution < -0.4 is 10.1 Å². The van der Waals surface area contributed by atoms with E-state index in [9.17, 15) is 13.2 Å². The minimum Gasteiger partial charge on any atom is -0.490 e. The number of carbonyl (C=O) groups excluding carboxylic acids is 1. The Hall–Kier alpha value is -2.64. The van der Waals surface area contributed by atoms with Crippen molar-refractivity contribution in [3.8, 4) is 5.75 Å². The molecule has 0 unspecified atom stereocenters. The van der Waals surface area contributed by atoms with E-state index in [-0.39, 0.29) is 34.1 Å². The van der Waals surface area contributed by atoms with E-state index in [0.717, 1.165) is 29.0 Å². The Morgan fingerprint density at radius 3 is 2.45 bits per heavy atom.